The molecule has 0 amide bonds. The summed E-state index contributed by atoms with van der Waals surface area (Å²) in [5, 5.41) is 0. The number of rotatable bonds is 1. The second-order valence-corrected chi connectivity index (χ2v) is 1.18. The summed E-state index contributed by atoms with van der Waals surface area (Å²) in [5.41, 5.74) is 6.53. The van der Waals surface area contributed by atoms with Gasteiger partial charge in [-0.25, -0.2) is 0 Å². The Morgan fingerprint density at radius 3 is 2.00 bits per heavy atom. The van der Waals surface area contributed by atoms with E-state index in [4.69, 9.17) is 13.6 Å². The van der Waals surface area contributed by atoms with Crippen LogP contribution in [0.4, 0.5) is 0 Å². The first-order valence-electron chi connectivity index (χ1n) is 1.67. The van der Waals surface area contributed by atoms with Gasteiger partial charge >= 0.3 is 32.7 Å². The van der Waals surface area contributed by atoms with Crippen molar-refractivity contribution in [1.82, 2.24) is 0 Å². The topological polar surface area (TPSA) is 23.8 Å². The maximum Gasteiger partial charge on any atom is 3.00 e. The van der Waals surface area contributed by atoms with Crippen molar-refractivity contribution < 1.29 is 32.7 Å². The number of hydrogen-bond donors (Lipinski definition) is 0. The van der Waals surface area contributed by atoms with Crippen LogP contribution < -0.4 is 0 Å². The second kappa shape index (κ2) is 6.13. The molecule has 0 heterocycles. The normalized spacial score (nSPS) is 12.3. The maximum atomic E-state index is 6.53. The van der Waals surface area contributed by atoms with Crippen molar-refractivity contribution in [3.63, 3.8) is 0 Å². The van der Waals surface area contributed by atoms with Crippen LogP contribution in [0.2, 0.25) is 5.82 Å². The van der Waals surface area contributed by atoms with Gasteiger partial charge in [-0.2, -0.15) is 6.54 Å². The summed E-state index contributed by atoms with van der Waals surface area (Å²) in [7, 11) is 5.10. The van der Waals surface area contributed by atoms with E-state index in [0.717, 1.165) is 0 Å². The molecule has 0 aliphatic carbocycles. The third-order valence-electron chi connectivity index (χ3n) is 0.322. The van der Waals surface area contributed by atoms with Gasteiger partial charge in [0.15, 0.2) is 0 Å². The van der Waals surface area contributed by atoms with E-state index in [1.807, 2.05) is 6.92 Å². The summed E-state index contributed by atoms with van der Waals surface area (Å²) >= 11 is 0. The fraction of sp³-hybridized carbons (Fsp3) is 1.00. The smallest absolute Gasteiger partial charge is 0.678 e. The van der Waals surface area contributed by atoms with Gasteiger partial charge in [0.1, 0.15) is 0 Å². The molecule has 1 nitrogen and oxygen atoms in total. The predicted octanol–water partition coefficient (Wildman–Crippen LogP) is 1.01. The Hall–Kier alpha value is 1.13. The van der Waals surface area contributed by atoms with E-state index in [1.165, 1.54) is 0 Å². The van der Waals surface area contributed by atoms with Gasteiger partial charge in [0.25, 0.3) is 0 Å². The van der Waals surface area contributed by atoms with Crippen molar-refractivity contribution in [3.05, 3.63) is 5.73 Å². The molecule has 0 saturated heterocycles. The van der Waals surface area contributed by atoms with Gasteiger partial charge in [-0.05, 0) is 0 Å². The molecule has 0 spiro atoms. The maximum absolute atomic E-state index is 6.53. The zero-order valence-corrected chi connectivity index (χ0v) is 6.78. The minimum absolute atomic E-state index is 0. The molecule has 1 atom stereocenters. The summed E-state index contributed by atoms with van der Waals surface area (Å²) in [6.07, 6.45) is 0. The summed E-state index contributed by atoms with van der Waals surface area (Å²) in [5.74, 6) is 0.0509. The van der Waals surface area contributed by atoms with Crippen molar-refractivity contribution in [3.8, 4) is 0 Å². The first-order valence-corrected chi connectivity index (χ1v) is 1.67. The minimum Gasteiger partial charge on any atom is -0.678 e. The Labute approximate surface area is 65.3 Å². The van der Waals surface area contributed by atoms with E-state index in [9.17, 15) is 0 Å². The van der Waals surface area contributed by atoms with Crippen LogP contribution in [-0.2, 0) is 32.7 Å². The van der Waals surface area contributed by atoms with Gasteiger partial charge in [-0.15, -0.1) is 0 Å². The van der Waals surface area contributed by atoms with Crippen molar-refractivity contribution in [2.75, 3.05) is 6.54 Å². The average molecular weight is 157 g/mol. The van der Waals surface area contributed by atoms with Crippen LogP contribution in [0.5, 0.6) is 0 Å². The standard InChI is InChI=1S/C3H7BN.Y/c1-3(4)2-5;/h3,5H,2H2,1H3;/q-1;+3. The third kappa shape index (κ3) is 8.93. The van der Waals surface area contributed by atoms with Gasteiger partial charge in [-0.1, -0.05) is 12.7 Å². The largest absolute Gasteiger partial charge is 3.00 e. The Morgan fingerprint density at radius 2 is 2.00 bits per heavy atom. The van der Waals surface area contributed by atoms with Crippen LogP contribution in [0.25, 0.3) is 5.73 Å². The Kier molecular flexibility index (Phi) is 10.4. The van der Waals surface area contributed by atoms with E-state index in [2.05, 4.69) is 0 Å². The molecule has 0 aromatic carbocycles. The average Bonchev–Trinajstić information content (AvgIpc) is 1.38. The Balaban J connectivity index is 0. The molecule has 6 heavy (non-hydrogen) atoms. The molecule has 0 rings (SSSR count). The van der Waals surface area contributed by atoms with Crippen LogP contribution in [0, 0.1) is 0 Å². The van der Waals surface area contributed by atoms with E-state index >= 15 is 0 Å². The van der Waals surface area contributed by atoms with Crippen molar-refractivity contribution in [1.29, 1.82) is 0 Å². The van der Waals surface area contributed by atoms with Crippen molar-refractivity contribution >= 4 is 7.85 Å². The molecule has 1 N–H and O–H groups in total. The van der Waals surface area contributed by atoms with Crippen LogP contribution in [0.3, 0.4) is 0 Å². The van der Waals surface area contributed by atoms with Gasteiger partial charge in [0, 0.05) is 0 Å². The number of nitrogens with one attached hydrogen (secondary N) is 1. The first kappa shape index (κ1) is 10.2. The van der Waals surface area contributed by atoms with E-state index in [0.29, 0.717) is 6.54 Å². The molecule has 2 radical (unpaired) electrons. The molecule has 0 aliphatic rings. The molecule has 0 bridgehead atoms. The first-order chi connectivity index (χ1) is 2.27. The van der Waals surface area contributed by atoms with Crippen LogP contribution >= 0.6 is 0 Å². The molecule has 0 fully saturated rings. The van der Waals surface area contributed by atoms with Crippen LogP contribution in [0.15, 0.2) is 0 Å². The van der Waals surface area contributed by atoms with Crippen molar-refractivity contribution in [2.24, 2.45) is 0 Å². The zero-order chi connectivity index (χ0) is 4.28. The molecular weight excluding hydrogens is 150 g/mol. The van der Waals surface area contributed by atoms with Gasteiger partial charge in [0.05, 0.1) is 7.85 Å². The SMILES string of the molecule is [B]C(C)C[NH-].[Y+3]. The van der Waals surface area contributed by atoms with E-state index < -0.39 is 0 Å². The second-order valence-electron chi connectivity index (χ2n) is 1.18. The van der Waals surface area contributed by atoms with E-state index in [1.54, 1.807) is 0 Å². The summed E-state index contributed by atoms with van der Waals surface area (Å²) in [6, 6.07) is 0. The molecule has 1 unspecified atom stereocenters. The monoisotopic (exact) mass is 157 g/mol. The fourth-order valence-electron chi connectivity index (χ4n) is 0. The Bertz CT molecular complexity index is 24.8. The third-order valence-corrected chi connectivity index (χ3v) is 0.322. The summed E-state index contributed by atoms with van der Waals surface area (Å²) in [6.45, 7) is 2.15. The van der Waals surface area contributed by atoms with Crippen LogP contribution in [-0.4, -0.2) is 14.4 Å². The molecule has 0 aromatic heterocycles. The van der Waals surface area contributed by atoms with Crippen LogP contribution in [0.1, 0.15) is 6.92 Å². The molecule has 28 valence electrons. The molecule has 0 saturated carbocycles. The molecule has 0 aliphatic heterocycles. The predicted molar refractivity (Wildman–Crippen MR) is 24.4 cm³/mol. The summed E-state index contributed by atoms with van der Waals surface area (Å²) in [4.78, 5) is 0. The van der Waals surface area contributed by atoms with Gasteiger partial charge < -0.3 is 5.73 Å². The zero-order valence-electron chi connectivity index (χ0n) is 3.94. The van der Waals surface area contributed by atoms with Crippen molar-refractivity contribution in [2.45, 2.75) is 12.7 Å². The quantitative estimate of drug-likeness (QED) is 0.507. The number of hydrogen-bond acceptors (Lipinski definition) is 0. The summed E-state index contributed by atoms with van der Waals surface area (Å²) < 4.78 is 0. The molecule has 0 aromatic rings. The van der Waals surface area contributed by atoms with Gasteiger partial charge in [-0.3, -0.25) is 0 Å². The molecular formula is C3H7BNY+2. The van der Waals surface area contributed by atoms with Gasteiger partial charge in [0.2, 0.25) is 0 Å². The molecule has 3 heteroatoms. The van der Waals surface area contributed by atoms with E-state index in [-0.39, 0.29) is 38.5 Å². The minimum atomic E-state index is 0. The Morgan fingerprint density at radius 1 is 1.83 bits per heavy atom. The fourth-order valence-corrected chi connectivity index (χ4v) is 0.